The lowest BCUT2D eigenvalue weighted by Crippen LogP contribution is -2.30. The van der Waals surface area contributed by atoms with E-state index in [0.29, 0.717) is 19.1 Å². The van der Waals surface area contributed by atoms with Crippen molar-refractivity contribution in [1.29, 1.82) is 0 Å². The van der Waals surface area contributed by atoms with Crippen molar-refractivity contribution < 1.29 is 13.2 Å². The van der Waals surface area contributed by atoms with Crippen molar-refractivity contribution in [2.24, 2.45) is 5.92 Å². The van der Waals surface area contributed by atoms with E-state index in [1.165, 1.54) is 0 Å². The number of hydrogen-bond acceptors (Lipinski definition) is 4. The molecule has 1 N–H and O–H groups in total. The Labute approximate surface area is 98.7 Å². The van der Waals surface area contributed by atoms with E-state index in [4.69, 9.17) is 4.74 Å². The van der Waals surface area contributed by atoms with Gasteiger partial charge in [-0.05, 0) is 25.3 Å². The third-order valence-corrected chi connectivity index (χ3v) is 4.31. The highest BCUT2D eigenvalue weighted by Gasteiger charge is 2.22. The van der Waals surface area contributed by atoms with Crippen LogP contribution in [0.4, 0.5) is 0 Å². The molecule has 5 heteroatoms. The summed E-state index contributed by atoms with van der Waals surface area (Å²) in [4.78, 5) is 0. The first kappa shape index (κ1) is 13.9. The van der Waals surface area contributed by atoms with Gasteiger partial charge in [0.2, 0.25) is 0 Å². The molecule has 0 amide bonds. The lowest BCUT2D eigenvalue weighted by atomic mass is 10.2. The van der Waals surface area contributed by atoms with Crippen LogP contribution < -0.4 is 5.32 Å². The molecule has 0 bridgehead atoms. The van der Waals surface area contributed by atoms with Crippen molar-refractivity contribution in [3.05, 3.63) is 0 Å². The van der Waals surface area contributed by atoms with Crippen LogP contribution in [0.3, 0.4) is 0 Å². The molecule has 0 aromatic heterocycles. The molecule has 1 atom stereocenters. The van der Waals surface area contributed by atoms with Gasteiger partial charge < -0.3 is 10.1 Å². The molecule has 0 radical (unpaired) electrons. The van der Waals surface area contributed by atoms with Crippen LogP contribution in [0.25, 0.3) is 0 Å². The molecule has 1 aliphatic rings. The van der Waals surface area contributed by atoms with Gasteiger partial charge in [-0.2, -0.15) is 0 Å². The first-order chi connectivity index (χ1) is 7.49. The van der Waals surface area contributed by atoms with Gasteiger partial charge in [-0.25, -0.2) is 8.42 Å². The van der Waals surface area contributed by atoms with Crippen LogP contribution in [0.15, 0.2) is 0 Å². The van der Waals surface area contributed by atoms with Gasteiger partial charge in [-0.3, -0.25) is 0 Å². The molecule has 0 saturated carbocycles. The Hall–Kier alpha value is -0.130. The summed E-state index contributed by atoms with van der Waals surface area (Å²) in [6, 6.07) is 0. The summed E-state index contributed by atoms with van der Waals surface area (Å²) in [5, 5.41) is 3.15. The first-order valence-corrected chi connectivity index (χ1v) is 7.84. The standard InChI is InChI=1S/C11H23NO3S/c1-10(2)8-12-5-7-16(13,14)9-11-4-3-6-15-11/h10-12H,3-9H2,1-2H3. The molecule has 0 aromatic rings. The monoisotopic (exact) mass is 249 g/mol. The summed E-state index contributed by atoms with van der Waals surface area (Å²) < 4.78 is 28.8. The van der Waals surface area contributed by atoms with E-state index in [-0.39, 0.29) is 17.6 Å². The van der Waals surface area contributed by atoms with Crippen LogP contribution in [-0.4, -0.2) is 45.7 Å². The summed E-state index contributed by atoms with van der Waals surface area (Å²) in [5.41, 5.74) is 0. The molecule has 4 nitrogen and oxygen atoms in total. The van der Waals surface area contributed by atoms with Crippen molar-refractivity contribution >= 4 is 9.84 Å². The Kier molecular flexibility index (Phi) is 5.72. The molecule has 1 unspecified atom stereocenters. The third-order valence-electron chi connectivity index (χ3n) is 2.61. The van der Waals surface area contributed by atoms with Crippen molar-refractivity contribution in [3.63, 3.8) is 0 Å². The van der Waals surface area contributed by atoms with E-state index >= 15 is 0 Å². The summed E-state index contributed by atoms with van der Waals surface area (Å²) in [7, 11) is -2.95. The van der Waals surface area contributed by atoms with E-state index in [2.05, 4.69) is 19.2 Å². The van der Waals surface area contributed by atoms with Crippen LogP contribution in [0, 0.1) is 5.92 Å². The SMILES string of the molecule is CC(C)CNCCS(=O)(=O)CC1CCCO1. The number of nitrogens with one attached hydrogen (secondary N) is 1. The summed E-state index contributed by atoms with van der Waals surface area (Å²) in [6.45, 7) is 6.34. The van der Waals surface area contributed by atoms with Gasteiger partial charge in [0, 0.05) is 13.2 Å². The molecular weight excluding hydrogens is 226 g/mol. The number of rotatable bonds is 7. The molecule has 0 spiro atoms. The summed E-state index contributed by atoms with van der Waals surface area (Å²) in [5.74, 6) is 0.969. The lowest BCUT2D eigenvalue weighted by Gasteiger charge is -2.11. The maximum absolute atomic E-state index is 11.7. The van der Waals surface area contributed by atoms with Gasteiger partial charge in [-0.15, -0.1) is 0 Å². The topological polar surface area (TPSA) is 55.4 Å². The first-order valence-electron chi connectivity index (χ1n) is 6.02. The largest absolute Gasteiger partial charge is 0.377 e. The van der Waals surface area contributed by atoms with Crippen LogP contribution in [0.5, 0.6) is 0 Å². The Balaban J connectivity index is 2.18. The van der Waals surface area contributed by atoms with E-state index in [9.17, 15) is 8.42 Å². The predicted octanol–water partition coefficient (Wildman–Crippen LogP) is 0.826. The number of sulfone groups is 1. The average molecular weight is 249 g/mol. The quantitative estimate of drug-likeness (QED) is 0.679. The van der Waals surface area contributed by atoms with Crippen molar-refractivity contribution in [3.8, 4) is 0 Å². The molecule has 1 saturated heterocycles. The number of ether oxygens (including phenoxy) is 1. The highest BCUT2D eigenvalue weighted by atomic mass is 32.2. The maximum atomic E-state index is 11.7. The molecule has 1 heterocycles. The molecule has 96 valence electrons. The molecule has 1 rings (SSSR count). The minimum atomic E-state index is -2.95. The minimum Gasteiger partial charge on any atom is -0.377 e. The molecule has 0 aromatic carbocycles. The summed E-state index contributed by atoms with van der Waals surface area (Å²) in [6.07, 6.45) is 1.82. The van der Waals surface area contributed by atoms with Gasteiger partial charge in [-0.1, -0.05) is 13.8 Å². The van der Waals surface area contributed by atoms with Gasteiger partial charge in [0.1, 0.15) is 0 Å². The molecule has 1 aliphatic heterocycles. The Morgan fingerprint density at radius 2 is 2.19 bits per heavy atom. The number of hydrogen-bond donors (Lipinski definition) is 1. The average Bonchev–Trinajstić information content (AvgIpc) is 2.64. The Morgan fingerprint density at radius 3 is 2.75 bits per heavy atom. The predicted molar refractivity (Wildman–Crippen MR) is 65.3 cm³/mol. The zero-order chi connectivity index (χ0) is 12.0. The fraction of sp³-hybridized carbons (Fsp3) is 1.00. The van der Waals surface area contributed by atoms with Crippen LogP contribution in [0.1, 0.15) is 26.7 Å². The zero-order valence-corrected chi connectivity index (χ0v) is 11.1. The normalized spacial score (nSPS) is 21.8. The fourth-order valence-corrected chi connectivity index (χ4v) is 3.21. The van der Waals surface area contributed by atoms with E-state index in [1.54, 1.807) is 0 Å². The van der Waals surface area contributed by atoms with Gasteiger partial charge in [0.15, 0.2) is 9.84 Å². The molecule has 16 heavy (non-hydrogen) atoms. The molecule has 1 fully saturated rings. The smallest absolute Gasteiger partial charge is 0.154 e. The van der Waals surface area contributed by atoms with Crippen LogP contribution in [0.2, 0.25) is 0 Å². The second-order valence-electron chi connectivity index (χ2n) is 4.85. The fourth-order valence-electron chi connectivity index (χ4n) is 1.76. The van der Waals surface area contributed by atoms with Crippen molar-refractivity contribution in [1.82, 2.24) is 5.32 Å². The maximum Gasteiger partial charge on any atom is 0.154 e. The lowest BCUT2D eigenvalue weighted by molar-refractivity contribution is 0.127. The van der Waals surface area contributed by atoms with Crippen molar-refractivity contribution in [2.45, 2.75) is 32.8 Å². The third kappa shape index (κ3) is 5.82. The summed E-state index contributed by atoms with van der Waals surface area (Å²) >= 11 is 0. The highest BCUT2D eigenvalue weighted by molar-refractivity contribution is 7.91. The molecule has 0 aliphatic carbocycles. The van der Waals surface area contributed by atoms with Gasteiger partial charge in [0.05, 0.1) is 17.6 Å². The van der Waals surface area contributed by atoms with E-state index in [0.717, 1.165) is 19.4 Å². The Morgan fingerprint density at radius 1 is 1.44 bits per heavy atom. The Bertz CT molecular complexity index is 282. The van der Waals surface area contributed by atoms with Crippen LogP contribution in [-0.2, 0) is 14.6 Å². The van der Waals surface area contributed by atoms with Crippen LogP contribution >= 0.6 is 0 Å². The van der Waals surface area contributed by atoms with E-state index in [1.807, 2.05) is 0 Å². The van der Waals surface area contributed by atoms with Crippen molar-refractivity contribution in [2.75, 3.05) is 31.2 Å². The second-order valence-corrected chi connectivity index (χ2v) is 7.08. The van der Waals surface area contributed by atoms with E-state index < -0.39 is 9.84 Å². The molecular formula is C11H23NO3S. The second kappa shape index (κ2) is 6.57. The minimum absolute atomic E-state index is 0.0601. The zero-order valence-electron chi connectivity index (χ0n) is 10.2. The highest BCUT2D eigenvalue weighted by Crippen LogP contribution is 2.14. The van der Waals surface area contributed by atoms with Gasteiger partial charge >= 0.3 is 0 Å². The van der Waals surface area contributed by atoms with Gasteiger partial charge in [0.25, 0.3) is 0 Å².